The molecular formula is C15H28N2O3. The summed E-state index contributed by atoms with van der Waals surface area (Å²) in [5, 5.41) is 10.7. The molecule has 20 heavy (non-hydrogen) atoms. The fourth-order valence-corrected chi connectivity index (χ4v) is 3.58. The summed E-state index contributed by atoms with van der Waals surface area (Å²) in [4.78, 5) is 13.7. The first-order valence-corrected chi connectivity index (χ1v) is 7.35. The van der Waals surface area contributed by atoms with Gasteiger partial charge >= 0.3 is 6.09 Å². The number of ether oxygens (including phenoxy) is 1. The molecule has 0 radical (unpaired) electrons. The number of nitrogens with zero attached hydrogens (tertiary/aromatic N) is 1. The van der Waals surface area contributed by atoms with E-state index in [4.69, 9.17) is 10.5 Å². The number of aliphatic hydroxyl groups is 1. The summed E-state index contributed by atoms with van der Waals surface area (Å²) in [7, 11) is 0. The van der Waals surface area contributed by atoms with Gasteiger partial charge in [-0.15, -0.1) is 0 Å². The maximum absolute atomic E-state index is 12.1. The van der Waals surface area contributed by atoms with Gasteiger partial charge in [-0.05, 0) is 45.4 Å². The summed E-state index contributed by atoms with van der Waals surface area (Å²) in [6.07, 6.45) is 1.67. The van der Waals surface area contributed by atoms with Crippen LogP contribution in [0, 0.1) is 5.41 Å². The van der Waals surface area contributed by atoms with Gasteiger partial charge in [0, 0.05) is 13.1 Å². The Morgan fingerprint density at radius 1 is 1.30 bits per heavy atom. The maximum atomic E-state index is 12.1. The minimum atomic E-state index is -0.854. The number of likely N-dealkylation sites (tertiary alicyclic amines) is 1. The van der Waals surface area contributed by atoms with Crippen molar-refractivity contribution in [2.75, 3.05) is 13.1 Å². The molecule has 2 aliphatic rings. The Morgan fingerprint density at radius 3 is 2.30 bits per heavy atom. The lowest BCUT2D eigenvalue weighted by atomic mass is 9.54. The molecule has 2 fully saturated rings. The van der Waals surface area contributed by atoms with Gasteiger partial charge in [-0.1, -0.05) is 13.8 Å². The van der Waals surface area contributed by atoms with Crippen LogP contribution >= 0.6 is 0 Å². The van der Waals surface area contributed by atoms with Gasteiger partial charge in [-0.25, -0.2) is 4.79 Å². The van der Waals surface area contributed by atoms with E-state index in [1.807, 2.05) is 20.8 Å². The molecule has 1 amide bonds. The molecule has 1 unspecified atom stereocenters. The average Bonchev–Trinajstić information content (AvgIpc) is 2.56. The molecule has 1 atom stereocenters. The van der Waals surface area contributed by atoms with Gasteiger partial charge in [0.05, 0.1) is 11.1 Å². The molecule has 0 aromatic rings. The number of hydrogen-bond donors (Lipinski definition) is 2. The van der Waals surface area contributed by atoms with Crippen LogP contribution in [0.2, 0.25) is 0 Å². The van der Waals surface area contributed by atoms with E-state index < -0.39 is 16.7 Å². The van der Waals surface area contributed by atoms with Gasteiger partial charge in [-0.2, -0.15) is 0 Å². The first kappa shape index (κ1) is 15.6. The van der Waals surface area contributed by atoms with Gasteiger partial charge in [0.15, 0.2) is 0 Å². The molecule has 116 valence electrons. The van der Waals surface area contributed by atoms with Gasteiger partial charge in [-0.3, -0.25) is 0 Å². The van der Waals surface area contributed by atoms with Crippen molar-refractivity contribution in [2.24, 2.45) is 11.1 Å². The molecule has 0 aromatic carbocycles. The molecular weight excluding hydrogens is 256 g/mol. The average molecular weight is 284 g/mol. The van der Waals surface area contributed by atoms with Crippen molar-refractivity contribution < 1.29 is 14.6 Å². The minimum absolute atomic E-state index is 0.139. The largest absolute Gasteiger partial charge is 0.444 e. The lowest BCUT2D eigenvalue weighted by Crippen LogP contribution is -2.69. The van der Waals surface area contributed by atoms with Crippen molar-refractivity contribution in [2.45, 2.75) is 70.6 Å². The van der Waals surface area contributed by atoms with E-state index in [1.165, 1.54) is 0 Å². The van der Waals surface area contributed by atoms with E-state index >= 15 is 0 Å². The standard InChI is InChI=1S/C15H28N2O3/c1-12(2,3)20-11(18)17-7-6-14(16,10-17)15(19)8-13(4,5)9-15/h19H,6-10,16H2,1-5H3. The summed E-state index contributed by atoms with van der Waals surface area (Å²) >= 11 is 0. The predicted octanol–water partition coefficient (Wildman–Crippen LogP) is 1.88. The second kappa shape index (κ2) is 4.34. The molecule has 2 rings (SSSR count). The SMILES string of the molecule is CC1(C)CC(O)(C2(N)CCN(C(=O)OC(C)(C)C)C2)C1. The van der Waals surface area contributed by atoms with Crippen molar-refractivity contribution in [3.8, 4) is 0 Å². The number of carbonyl (C=O) groups excluding carboxylic acids is 1. The van der Waals surface area contributed by atoms with Crippen LogP contribution in [0.1, 0.15) is 53.9 Å². The highest BCUT2D eigenvalue weighted by Gasteiger charge is 2.61. The quantitative estimate of drug-likeness (QED) is 0.771. The Morgan fingerprint density at radius 2 is 1.85 bits per heavy atom. The second-order valence-corrected chi connectivity index (χ2v) is 8.36. The highest BCUT2D eigenvalue weighted by atomic mass is 16.6. The molecule has 5 heteroatoms. The van der Waals surface area contributed by atoms with Gasteiger partial charge in [0.1, 0.15) is 5.60 Å². The summed E-state index contributed by atoms with van der Waals surface area (Å²) < 4.78 is 5.37. The number of carbonyl (C=O) groups is 1. The lowest BCUT2D eigenvalue weighted by molar-refractivity contribution is -0.157. The van der Waals surface area contributed by atoms with Crippen molar-refractivity contribution in [1.29, 1.82) is 0 Å². The van der Waals surface area contributed by atoms with Crippen molar-refractivity contribution in [3.05, 3.63) is 0 Å². The molecule has 5 nitrogen and oxygen atoms in total. The predicted molar refractivity (Wildman–Crippen MR) is 77.3 cm³/mol. The highest BCUT2D eigenvalue weighted by molar-refractivity contribution is 5.68. The zero-order valence-corrected chi connectivity index (χ0v) is 13.3. The molecule has 0 bridgehead atoms. The van der Waals surface area contributed by atoms with Gasteiger partial charge in [0.2, 0.25) is 0 Å². The third-order valence-electron chi connectivity index (χ3n) is 4.42. The second-order valence-electron chi connectivity index (χ2n) is 8.36. The summed E-state index contributed by atoms with van der Waals surface area (Å²) in [5.74, 6) is 0. The third-order valence-corrected chi connectivity index (χ3v) is 4.42. The molecule has 1 heterocycles. The van der Waals surface area contributed by atoms with Crippen LogP contribution in [0.15, 0.2) is 0 Å². The molecule has 1 saturated carbocycles. The number of hydrogen-bond acceptors (Lipinski definition) is 4. The first-order valence-electron chi connectivity index (χ1n) is 7.35. The molecule has 3 N–H and O–H groups in total. The fraction of sp³-hybridized carbons (Fsp3) is 0.933. The smallest absolute Gasteiger partial charge is 0.410 e. The van der Waals surface area contributed by atoms with Gasteiger partial charge in [0.25, 0.3) is 0 Å². The van der Waals surface area contributed by atoms with Gasteiger partial charge < -0.3 is 20.5 Å². The van der Waals surface area contributed by atoms with E-state index in [1.54, 1.807) is 4.90 Å². The Balaban J connectivity index is 2.00. The van der Waals surface area contributed by atoms with Crippen molar-refractivity contribution >= 4 is 6.09 Å². The zero-order chi connectivity index (χ0) is 15.4. The summed E-state index contributed by atoms with van der Waals surface area (Å²) in [6, 6.07) is 0. The molecule has 0 aromatic heterocycles. The Kier molecular flexibility index (Phi) is 3.38. The topological polar surface area (TPSA) is 75.8 Å². The van der Waals surface area contributed by atoms with E-state index in [9.17, 15) is 9.90 Å². The maximum Gasteiger partial charge on any atom is 0.410 e. The molecule has 1 saturated heterocycles. The monoisotopic (exact) mass is 284 g/mol. The third kappa shape index (κ3) is 2.79. The van der Waals surface area contributed by atoms with E-state index in [0.29, 0.717) is 32.4 Å². The normalized spacial score (nSPS) is 31.9. The molecule has 1 aliphatic heterocycles. The van der Waals surface area contributed by atoms with E-state index in [0.717, 1.165) is 0 Å². The Bertz CT molecular complexity index is 406. The lowest BCUT2D eigenvalue weighted by Gasteiger charge is -2.57. The fourth-order valence-electron chi connectivity index (χ4n) is 3.58. The minimum Gasteiger partial charge on any atom is -0.444 e. The van der Waals surface area contributed by atoms with Crippen LogP contribution < -0.4 is 5.73 Å². The Labute approximate surface area is 121 Å². The van der Waals surface area contributed by atoms with Crippen LogP contribution in [-0.4, -0.2) is 45.9 Å². The number of amides is 1. The van der Waals surface area contributed by atoms with Crippen LogP contribution in [0.3, 0.4) is 0 Å². The van der Waals surface area contributed by atoms with E-state index in [-0.39, 0.29) is 11.5 Å². The van der Waals surface area contributed by atoms with Crippen LogP contribution in [0.5, 0.6) is 0 Å². The summed E-state index contributed by atoms with van der Waals surface area (Å²) in [6.45, 7) is 10.7. The van der Waals surface area contributed by atoms with Crippen molar-refractivity contribution in [3.63, 3.8) is 0 Å². The van der Waals surface area contributed by atoms with Crippen molar-refractivity contribution in [1.82, 2.24) is 4.90 Å². The van der Waals surface area contributed by atoms with Crippen LogP contribution in [0.4, 0.5) is 4.79 Å². The highest BCUT2D eigenvalue weighted by Crippen LogP contribution is 2.54. The number of nitrogens with two attached hydrogens (primary N) is 1. The van der Waals surface area contributed by atoms with Crippen LogP contribution in [0.25, 0.3) is 0 Å². The first-order chi connectivity index (χ1) is 8.86. The molecule has 0 spiro atoms. The zero-order valence-electron chi connectivity index (χ0n) is 13.3. The van der Waals surface area contributed by atoms with Crippen LogP contribution in [-0.2, 0) is 4.74 Å². The number of rotatable bonds is 1. The Hall–Kier alpha value is -0.810. The molecule has 1 aliphatic carbocycles. The van der Waals surface area contributed by atoms with E-state index in [2.05, 4.69) is 13.8 Å². The summed E-state index contributed by atoms with van der Waals surface area (Å²) in [5.41, 5.74) is 4.48.